The lowest BCUT2D eigenvalue weighted by atomic mass is 10.0. The Bertz CT molecular complexity index is 578. The van der Waals surface area contributed by atoms with Crippen molar-refractivity contribution in [1.29, 1.82) is 0 Å². The Kier molecular flexibility index (Phi) is 6.31. The molecular weight excluding hydrogens is 392 g/mol. The SMILES string of the molecule is CCCCc1ccc(C(Br)c2ccc(Br)cc2OC)cc1. The molecule has 3 heteroatoms. The molecule has 1 unspecified atom stereocenters. The highest BCUT2D eigenvalue weighted by molar-refractivity contribution is 9.10. The van der Waals surface area contributed by atoms with E-state index in [0.717, 1.165) is 22.2 Å². The fourth-order valence-electron chi connectivity index (χ4n) is 2.31. The minimum Gasteiger partial charge on any atom is -0.496 e. The molecule has 2 rings (SSSR count). The van der Waals surface area contributed by atoms with Gasteiger partial charge in [-0.2, -0.15) is 0 Å². The van der Waals surface area contributed by atoms with E-state index in [1.54, 1.807) is 7.11 Å². The lowest BCUT2D eigenvalue weighted by Gasteiger charge is -2.15. The topological polar surface area (TPSA) is 9.23 Å². The fraction of sp³-hybridized carbons (Fsp3) is 0.333. The van der Waals surface area contributed by atoms with Gasteiger partial charge in [-0.15, -0.1) is 0 Å². The van der Waals surface area contributed by atoms with Crippen LogP contribution in [0.1, 0.15) is 41.3 Å². The second kappa shape index (κ2) is 8.00. The molecule has 0 radical (unpaired) electrons. The molecule has 0 bridgehead atoms. The van der Waals surface area contributed by atoms with E-state index in [0.29, 0.717) is 0 Å². The van der Waals surface area contributed by atoms with Crippen LogP contribution >= 0.6 is 31.9 Å². The molecular formula is C18H20Br2O. The molecule has 2 aromatic rings. The van der Waals surface area contributed by atoms with Crippen LogP contribution in [0.5, 0.6) is 5.75 Å². The quantitative estimate of drug-likeness (QED) is 0.508. The standard InChI is InChI=1S/C18H20Br2O/c1-3-4-5-13-6-8-14(9-7-13)18(20)16-11-10-15(19)12-17(16)21-2/h6-12,18H,3-5H2,1-2H3. The molecule has 112 valence electrons. The van der Waals surface area contributed by atoms with Crippen LogP contribution in [0.15, 0.2) is 46.9 Å². The van der Waals surface area contributed by atoms with E-state index in [1.807, 2.05) is 12.1 Å². The molecule has 2 aromatic carbocycles. The Morgan fingerprint density at radius 2 is 1.81 bits per heavy atom. The molecule has 0 N–H and O–H groups in total. The third kappa shape index (κ3) is 4.33. The molecule has 21 heavy (non-hydrogen) atoms. The monoisotopic (exact) mass is 410 g/mol. The third-order valence-electron chi connectivity index (χ3n) is 3.56. The van der Waals surface area contributed by atoms with Crippen LogP contribution in [0, 0.1) is 0 Å². The highest BCUT2D eigenvalue weighted by Crippen LogP contribution is 2.37. The summed E-state index contributed by atoms with van der Waals surface area (Å²) in [7, 11) is 1.71. The zero-order valence-electron chi connectivity index (χ0n) is 12.4. The zero-order valence-corrected chi connectivity index (χ0v) is 15.6. The average Bonchev–Trinajstić information content (AvgIpc) is 2.52. The number of hydrogen-bond donors (Lipinski definition) is 0. The Labute approximate surface area is 144 Å². The van der Waals surface area contributed by atoms with Crippen LogP contribution in [0.4, 0.5) is 0 Å². The van der Waals surface area contributed by atoms with Crippen molar-refractivity contribution in [1.82, 2.24) is 0 Å². The summed E-state index contributed by atoms with van der Waals surface area (Å²) >= 11 is 7.27. The van der Waals surface area contributed by atoms with Crippen LogP contribution < -0.4 is 4.74 Å². The summed E-state index contributed by atoms with van der Waals surface area (Å²) in [5.74, 6) is 0.890. The number of halogens is 2. The molecule has 0 fully saturated rings. The fourth-order valence-corrected chi connectivity index (χ4v) is 3.33. The van der Waals surface area contributed by atoms with Crippen LogP contribution in [-0.2, 0) is 6.42 Å². The predicted octanol–water partition coefficient (Wildman–Crippen LogP) is 6.28. The Balaban J connectivity index is 2.21. The first-order valence-corrected chi connectivity index (χ1v) is 8.93. The van der Waals surface area contributed by atoms with Crippen molar-refractivity contribution < 1.29 is 4.74 Å². The van der Waals surface area contributed by atoms with E-state index in [2.05, 4.69) is 69.1 Å². The minimum atomic E-state index is 0.140. The van der Waals surface area contributed by atoms with Crippen molar-refractivity contribution in [3.05, 3.63) is 63.6 Å². The maximum absolute atomic E-state index is 5.49. The van der Waals surface area contributed by atoms with Gasteiger partial charge in [-0.1, -0.05) is 75.5 Å². The normalized spacial score (nSPS) is 12.2. The van der Waals surface area contributed by atoms with Gasteiger partial charge in [0.15, 0.2) is 0 Å². The van der Waals surface area contributed by atoms with Gasteiger partial charge < -0.3 is 4.74 Å². The van der Waals surface area contributed by atoms with Crippen LogP contribution in [0.3, 0.4) is 0 Å². The predicted molar refractivity (Wildman–Crippen MR) is 96.5 cm³/mol. The average molecular weight is 412 g/mol. The summed E-state index contributed by atoms with van der Waals surface area (Å²) < 4.78 is 6.51. The van der Waals surface area contributed by atoms with E-state index >= 15 is 0 Å². The maximum Gasteiger partial charge on any atom is 0.124 e. The summed E-state index contributed by atoms with van der Waals surface area (Å²) in [4.78, 5) is 0.140. The van der Waals surface area contributed by atoms with Crippen molar-refractivity contribution in [2.24, 2.45) is 0 Å². The number of aryl methyl sites for hydroxylation is 1. The molecule has 0 spiro atoms. The number of ether oxygens (including phenoxy) is 1. The molecule has 0 aliphatic rings. The van der Waals surface area contributed by atoms with Crippen molar-refractivity contribution in [3.8, 4) is 5.75 Å². The van der Waals surface area contributed by atoms with Crippen LogP contribution in [-0.4, -0.2) is 7.11 Å². The number of unbranched alkanes of at least 4 members (excludes halogenated alkanes) is 1. The lowest BCUT2D eigenvalue weighted by Crippen LogP contribution is -1.97. The second-order valence-electron chi connectivity index (χ2n) is 5.09. The molecule has 0 saturated carbocycles. The highest BCUT2D eigenvalue weighted by atomic mass is 79.9. The molecule has 0 heterocycles. The summed E-state index contributed by atoms with van der Waals surface area (Å²) in [6.07, 6.45) is 3.64. The smallest absolute Gasteiger partial charge is 0.124 e. The van der Waals surface area contributed by atoms with E-state index in [-0.39, 0.29) is 4.83 Å². The number of benzene rings is 2. The molecule has 0 aromatic heterocycles. The van der Waals surface area contributed by atoms with Crippen molar-refractivity contribution >= 4 is 31.9 Å². The maximum atomic E-state index is 5.49. The molecule has 1 atom stereocenters. The minimum absolute atomic E-state index is 0.140. The van der Waals surface area contributed by atoms with E-state index in [9.17, 15) is 0 Å². The van der Waals surface area contributed by atoms with Crippen molar-refractivity contribution in [3.63, 3.8) is 0 Å². The van der Waals surface area contributed by atoms with Gasteiger partial charge in [-0.05, 0) is 36.1 Å². The van der Waals surface area contributed by atoms with Gasteiger partial charge in [0.2, 0.25) is 0 Å². The van der Waals surface area contributed by atoms with E-state index < -0.39 is 0 Å². The number of methoxy groups -OCH3 is 1. The first-order chi connectivity index (χ1) is 10.2. The largest absolute Gasteiger partial charge is 0.496 e. The van der Waals surface area contributed by atoms with Crippen molar-refractivity contribution in [2.45, 2.75) is 31.0 Å². The first kappa shape index (κ1) is 16.6. The second-order valence-corrected chi connectivity index (χ2v) is 6.93. The molecule has 0 saturated heterocycles. The Hall–Kier alpha value is -0.800. The van der Waals surface area contributed by atoms with Gasteiger partial charge in [0, 0.05) is 10.0 Å². The van der Waals surface area contributed by atoms with Gasteiger partial charge in [0.25, 0.3) is 0 Å². The van der Waals surface area contributed by atoms with Crippen molar-refractivity contribution in [2.75, 3.05) is 7.11 Å². The van der Waals surface area contributed by atoms with Gasteiger partial charge in [-0.25, -0.2) is 0 Å². The summed E-state index contributed by atoms with van der Waals surface area (Å²) in [6, 6.07) is 15.0. The van der Waals surface area contributed by atoms with Gasteiger partial charge in [-0.3, -0.25) is 0 Å². The van der Waals surface area contributed by atoms with E-state index in [1.165, 1.54) is 24.0 Å². The molecule has 0 amide bonds. The zero-order chi connectivity index (χ0) is 15.2. The summed E-state index contributed by atoms with van der Waals surface area (Å²) in [5.41, 5.74) is 3.79. The summed E-state index contributed by atoms with van der Waals surface area (Å²) in [6.45, 7) is 2.22. The van der Waals surface area contributed by atoms with Crippen LogP contribution in [0.25, 0.3) is 0 Å². The number of rotatable bonds is 6. The molecule has 0 aliphatic heterocycles. The molecule has 1 nitrogen and oxygen atoms in total. The Morgan fingerprint density at radius 3 is 2.43 bits per heavy atom. The number of alkyl halides is 1. The van der Waals surface area contributed by atoms with E-state index in [4.69, 9.17) is 4.74 Å². The summed E-state index contributed by atoms with van der Waals surface area (Å²) in [5, 5.41) is 0. The van der Waals surface area contributed by atoms with Gasteiger partial charge in [0.05, 0.1) is 11.9 Å². The molecule has 0 aliphatic carbocycles. The number of hydrogen-bond acceptors (Lipinski definition) is 1. The lowest BCUT2D eigenvalue weighted by molar-refractivity contribution is 0.410. The highest BCUT2D eigenvalue weighted by Gasteiger charge is 2.15. The Morgan fingerprint density at radius 1 is 1.10 bits per heavy atom. The third-order valence-corrected chi connectivity index (χ3v) is 5.08. The van der Waals surface area contributed by atoms with Gasteiger partial charge in [0.1, 0.15) is 5.75 Å². The van der Waals surface area contributed by atoms with Crippen LogP contribution in [0.2, 0.25) is 0 Å². The first-order valence-electron chi connectivity index (χ1n) is 7.22. The van der Waals surface area contributed by atoms with Gasteiger partial charge >= 0.3 is 0 Å².